The third-order valence-corrected chi connectivity index (χ3v) is 4.31. The molecule has 2 atom stereocenters. The number of aryl methyl sites for hydroxylation is 1. The molecule has 0 aliphatic heterocycles. The molecule has 0 saturated heterocycles. The quantitative estimate of drug-likeness (QED) is 0.851. The Morgan fingerprint density at radius 1 is 1.33 bits per heavy atom. The summed E-state index contributed by atoms with van der Waals surface area (Å²) in [6.07, 6.45) is 3.52. The highest BCUT2D eigenvalue weighted by Gasteiger charge is 2.34. The van der Waals surface area contributed by atoms with E-state index in [0.717, 1.165) is 24.8 Å². The molecule has 1 fully saturated rings. The summed E-state index contributed by atoms with van der Waals surface area (Å²) in [5.74, 6) is -0.487. The molecule has 4 nitrogen and oxygen atoms in total. The van der Waals surface area contributed by atoms with E-state index < -0.39 is 0 Å². The highest BCUT2D eigenvalue weighted by atomic mass is 35.5. The molecule has 114 valence electrons. The maximum Gasteiger partial charge on any atom is 0.310 e. The predicted molar refractivity (Wildman–Crippen MR) is 81.1 cm³/mol. The maximum absolute atomic E-state index is 12.0. The molecule has 0 spiro atoms. The zero-order chi connectivity index (χ0) is 15.2. The van der Waals surface area contributed by atoms with Gasteiger partial charge in [-0.15, -0.1) is 0 Å². The van der Waals surface area contributed by atoms with E-state index in [2.05, 4.69) is 5.32 Å². The number of rotatable bonds is 5. The number of amides is 1. The molecule has 0 unspecified atom stereocenters. The molecule has 21 heavy (non-hydrogen) atoms. The fourth-order valence-corrected chi connectivity index (χ4v) is 3.02. The Morgan fingerprint density at radius 3 is 2.81 bits per heavy atom. The Labute approximate surface area is 129 Å². The minimum Gasteiger partial charge on any atom is -0.469 e. The fourth-order valence-electron chi connectivity index (χ4n) is 2.79. The molecule has 1 aromatic carbocycles. The topological polar surface area (TPSA) is 55.4 Å². The van der Waals surface area contributed by atoms with Crippen LogP contribution in [-0.4, -0.2) is 25.0 Å². The average Bonchev–Trinajstić information content (AvgIpc) is 2.93. The molecular weight excluding hydrogens is 290 g/mol. The minimum absolute atomic E-state index is 0.0456. The van der Waals surface area contributed by atoms with E-state index in [4.69, 9.17) is 16.3 Å². The third kappa shape index (κ3) is 4.21. The highest BCUT2D eigenvalue weighted by molar-refractivity contribution is 6.31. The number of esters is 1. The number of hydrogen-bond donors (Lipinski definition) is 1. The molecule has 5 heteroatoms. The number of ether oxygens (including phenoxy) is 1. The van der Waals surface area contributed by atoms with Crippen molar-refractivity contribution < 1.29 is 14.3 Å². The number of carbonyl (C=O) groups excluding carboxylic acids is 2. The van der Waals surface area contributed by atoms with E-state index >= 15 is 0 Å². The van der Waals surface area contributed by atoms with E-state index in [9.17, 15) is 9.59 Å². The summed E-state index contributed by atoms with van der Waals surface area (Å²) < 4.78 is 4.78. The van der Waals surface area contributed by atoms with Crippen molar-refractivity contribution in [2.75, 3.05) is 7.11 Å². The van der Waals surface area contributed by atoms with Gasteiger partial charge < -0.3 is 10.1 Å². The van der Waals surface area contributed by atoms with Crippen LogP contribution in [0.15, 0.2) is 24.3 Å². The van der Waals surface area contributed by atoms with Crippen molar-refractivity contribution in [1.29, 1.82) is 0 Å². The lowest BCUT2D eigenvalue weighted by molar-refractivity contribution is -0.146. The van der Waals surface area contributed by atoms with Gasteiger partial charge in [-0.2, -0.15) is 0 Å². The van der Waals surface area contributed by atoms with Crippen LogP contribution in [0.25, 0.3) is 0 Å². The first-order chi connectivity index (χ1) is 10.1. The van der Waals surface area contributed by atoms with Crippen molar-refractivity contribution in [1.82, 2.24) is 5.32 Å². The van der Waals surface area contributed by atoms with Crippen molar-refractivity contribution in [3.63, 3.8) is 0 Å². The molecule has 2 rings (SSSR count). The van der Waals surface area contributed by atoms with Gasteiger partial charge in [0.2, 0.25) is 5.91 Å². The minimum atomic E-state index is -0.232. The average molecular weight is 310 g/mol. The van der Waals surface area contributed by atoms with E-state index in [0.29, 0.717) is 17.9 Å². The molecule has 1 aliphatic rings. The number of benzene rings is 1. The fraction of sp³-hybridized carbons (Fsp3) is 0.500. The smallest absolute Gasteiger partial charge is 0.310 e. The van der Waals surface area contributed by atoms with Crippen molar-refractivity contribution in [2.24, 2.45) is 5.92 Å². The third-order valence-electron chi connectivity index (χ3n) is 3.95. The largest absolute Gasteiger partial charge is 0.469 e. The Hall–Kier alpha value is -1.55. The van der Waals surface area contributed by atoms with Crippen LogP contribution in [0.3, 0.4) is 0 Å². The second kappa shape index (κ2) is 7.46. The lowest BCUT2D eigenvalue weighted by Gasteiger charge is -2.19. The number of methoxy groups -OCH3 is 1. The standard InChI is InChI=1S/C16H20ClNO3/c1-21-16(20)12-6-4-8-14(12)18-15(19)10-9-11-5-2-3-7-13(11)17/h2-3,5,7,12,14H,4,6,8-10H2,1H3,(H,18,19)/t12-,14+/m1/s1. The Kier molecular flexibility index (Phi) is 5.62. The van der Waals surface area contributed by atoms with E-state index in [1.807, 2.05) is 24.3 Å². The maximum atomic E-state index is 12.0. The number of nitrogens with one attached hydrogen (secondary N) is 1. The van der Waals surface area contributed by atoms with E-state index in [1.165, 1.54) is 7.11 Å². The Bertz CT molecular complexity index is 518. The summed E-state index contributed by atoms with van der Waals surface area (Å²) in [5, 5.41) is 3.63. The van der Waals surface area contributed by atoms with Gasteiger partial charge in [-0.1, -0.05) is 36.2 Å². The van der Waals surface area contributed by atoms with E-state index in [1.54, 1.807) is 0 Å². The normalized spacial score (nSPS) is 21.0. The first kappa shape index (κ1) is 15.8. The zero-order valence-electron chi connectivity index (χ0n) is 12.1. The summed E-state index contributed by atoms with van der Waals surface area (Å²) >= 11 is 6.07. The van der Waals surface area contributed by atoms with Crippen molar-refractivity contribution in [3.05, 3.63) is 34.9 Å². The van der Waals surface area contributed by atoms with Crippen LogP contribution in [0.4, 0.5) is 0 Å². The predicted octanol–water partition coefficient (Wildman–Crippen LogP) is 2.73. The molecule has 0 heterocycles. The molecule has 1 amide bonds. The van der Waals surface area contributed by atoms with Crippen molar-refractivity contribution in [3.8, 4) is 0 Å². The van der Waals surface area contributed by atoms with Crippen LogP contribution in [0, 0.1) is 5.92 Å². The van der Waals surface area contributed by atoms with Gasteiger partial charge in [0.1, 0.15) is 0 Å². The lowest BCUT2D eigenvalue weighted by Crippen LogP contribution is -2.40. The van der Waals surface area contributed by atoms with Gasteiger partial charge in [0, 0.05) is 17.5 Å². The monoisotopic (exact) mass is 309 g/mol. The van der Waals surface area contributed by atoms with Crippen LogP contribution in [0.2, 0.25) is 5.02 Å². The molecule has 1 saturated carbocycles. The van der Waals surface area contributed by atoms with Crippen LogP contribution < -0.4 is 5.32 Å². The van der Waals surface area contributed by atoms with E-state index in [-0.39, 0.29) is 23.8 Å². The van der Waals surface area contributed by atoms with Gasteiger partial charge in [0.15, 0.2) is 0 Å². The second-order valence-corrected chi connectivity index (χ2v) is 5.73. The Morgan fingerprint density at radius 2 is 2.10 bits per heavy atom. The van der Waals surface area contributed by atoms with Gasteiger partial charge in [0.25, 0.3) is 0 Å². The van der Waals surface area contributed by atoms with Crippen LogP contribution in [0.5, 0.6) is 0 Å². The first-order valence-corrected chi connectivity index (χ1v) is 7.60. The van der Waals surface area contributed by atoms with Crippen LogP contribution in [0.1, 0.15) is 31.2 Å². The van der Waals surface area contributed by atoms with Crippen LogP contribution in [-0.2, 0) is 20.7 Å². The highest BCUT2D eigenvalue weighted by Crippen LogP contribution is 2.27. The number of carbonyl (C=O) groups is 2. The Balaban J connectivity index is 1.84. The summed E-state index contributed by atoms with van der Waals surface area (Å²) in [7, 11) is 1.39. The molecule has 0 radical (unpaired) electrons. The molecule has 1 N–H and O–H groups in total. The number of hydrogen-bond acceptors (Lipinski definition) is 3. The SMILES string of the molecule is COC(=O)[C@@H]1CCC[C@@H]1NC(=O)CCc1ccccc1Cl. The van der Waals surface area contributed by atoms with Gasteiger partial charge >= 0.3 is 5.97 Å². The molecule has 0 bridgehead atoms. The van der Waals surface area contributed by atoms with Gasteiger partial charge in [0.05, 0.1) is 13.0 Å². The molecular formula is C16H20ClNO3. The summed E-state index contributed by atoms with van der Waals surface area (Å²) in [6, 6.07) is 7.41. The zero-order valence-corrected chi connectivity index (χ0v) is 12.9. The molecule has 0 aromatic heterocycles. The molecule has 1 aromatic rings. The van der Waals surface area contributed by atoms with Crippen LogP contribution >= 0.6 is 11.6 Å². The first-order valence-electron chi connectivity index (χ1n) is 7.22. The van der Waals surface area contributed by atoms with Gasteiger partial charge in [-0.05, 0) is 30.9 Å². The number of halogens is 1. The second-order valence-electron chi connectivity index (χ2n) is 5.33. The van der Waals surface area contributed by atoms with Gasteiger partial charge in [-0.3, -0.25) is 9.59 Å². The van der Waals surface area contributed by atoms with Crippen molar-refractivity contribution >= 4 is 23.5 Å². The molecule has 1 aliphatic carbocycles. The summed E-state index contributed by atoms with van der Waals surface area (Å²) in [4.78, 5) is 23.7. The van der Waals surface area contributed by atoms with Crippen molar-refractivity contribution in [2.45, 2.75) is 38.1 Å². The van der Waals surface area contributed by atoms with Gasteiger partial charge in [-0.25, -0.2) is 0 Å². The summed E-state index contributed by atoms with van der Waals surface area (Å²) in [5.41, 5.74) is 0.963. The summed E-state index contributed by atoms with van der Waals surface area (Å²) in [6.45, 7) is 0. The lowest BCUT2D eigenvalue weighted by atomic mass is 10.0.